The van der Waals surface area contributed by atoms with Crippen molar-refractivity contribution < 1.29 is 18.8 Å². The van der Waals surface area contributed by atoms with Crippen molar-refractivity contribution in [1.29, 1.82) is 0 Å². The van der Waals surface area contributed by atoms with E-state index in [-0.39, 0.29) is 23.8 Å². The normalized spacial score (nSPS) is 17.2. The topological polar surface area (TPSA) is 82.9 Å². The molecule has 0 aliphatic carbocycles. The standard InChI is InChI=1S/C26H25N3O4/c30-24(27-17-22(23-9-6-16-33-23)28-14-4-1-5-15-28)18-10-12-19(13-11-18)29-25(31)20-7-2-3-8-21(20)26(29)32/h2-3,6-13,16,22H,1,4-5,14-15,17H2,(H,27,30). The second-order valence-corrected chi connectivity index (χ2v) is 8.38. The van der Waals surface area contributed by atoms with Crippen molar-refractivity contribution in [3.63, 3.8) is 0 Å². The van der Waals surface area contributed by atoms with Crippen LogP contribution in [0.15, 0.2) is 71.3 Å². The molecule has 2 aliphatic rings. The van der Waals surface area contributed by atoms with E-state index in [0.717, 1.165) is 36.6 Å². The van der Waals surface area contributed by atoms with E-state index in [0.29, 0.717) is 28.9 Å². The van der Waals surface area contributed by atoms with Gasteiger partial charge in [0.2, 0.25) is 0 Å². The lowest BCUT2D eigenvalue weighted by atomic mass is 10.1. The second kappa shape index (κ2) is 9.03. The van der Waals surface area contributed by atoms with Crippen LogP contribution in [0, 0.1) is 0 Å². The number of likely N-dealkylation sites (tertiary alicyclic amines) is 1. The van der Waals surface area contributed by atoms with E-state index in [9.17, 15) is 14.4 Å². The third-order valence-electron chi connectivity index (χ3n) is 6.34. The molecule has 33 heavy (non-hydrogen) atoms. The highest BCUT2D eigenvalue weighted by molar-refractivity contribution is 6.34. The fraction of sp³-hybridized carbons (Fsp3) is 0.269. The van der Waals surface area contributed by atoms with Gasteiger partial charge in [0, 0.05) is 12.1 Å². The number of carbonyl (C=O) groups is 3. The number of anilines is 1. The maximum absolute atomic E-state index is 12.8. The summed E-state index contributed by atoms with van der Waals surface area (Å²) in [6, 6.07) is 17.1. The zero-order chi connectivity index (χ0) is 22.8. The number of nitrogens with zero attached hydrogens (tertiary/aromatic N) is 2. The highest BCUT2D eigenvalue weighted by Gasteiger charge is 2.36. The number of benzene rings is 2. The lowest BCUT2D eigenvalue weighted by molar-refractivity contribution is 0.0909. The average Bonchev–Trinajstić information content (AvgIpc) is 3.47. The zero-order valence-corrected chi connectivity index (χ0v) is 18.2. The van der Waals surface area contributed by atoms with E-state index in [2.05, 4.69) is 10.2 Å². The number of nitrogens with one attached hydrogen (secondary N) is 1. The van der Waals surface area contributed by atoms with Crippen LogP contribution in [-0.2, 0) is 0 Å². The van der Waals surface area contributed by atoms with Crippen LogP contribution in [-0.4, -0.2) is 42.3 Å². The minimum Gasteiger partial charge on any atom is -0.468 e. The summed E-state index contributed by atoms with van der Waals surface area (Å²) in [5.41, 5.74) is 1.70. The van der Waals surface area contributed by atoms with Gasteiger partial charge in [-0.3, -0.25) is 19.3 Å². The summed E-state index contributed by atoms with van der Waals surface area (Å²) in [6.07, 6.45) is 5.17. The van der Waals surface area contributed by atoms with Crippen LogP contribution in [0.25, 0.3) is 0 Å². The number of fused-ring (bicyclic) bond motifs is 1. The molecule has 0 radical (unpaired) electrons. The Morgan fingerprint density at radius 1 is 0.879 bits per heavy atom. The summed E-state index contributed by atoms with van der Waals surface area (Å²) in [5, 5.41) is 3.02. The van der Waals surface area contributed by atoms with Gasteiger partial charge in [-0.05, 0) is 74.5 Å². The van der Waals surface area contributed by atoms with Gasteiger partial charge in [-0.2, -0.15) is 0 Å². The van der Waals surface area contributed by atoms with Crippen molar-refractivity contribution in [2.75, 3.05) is 24.5 Å². The van der Waals surface area contributed by atoms with Crippen molar-refractivity contribution in [1.82, 2.24) is 10.2 Å². The van der Waals surface area contributed by atoms with Crippen LogP contribution < -0.4 is 10.2 Å². The first-order valence-corrected chi connectivity index (χ1v) is 11.3. The maximum atomic E-state index is 12.8. The predicted molar refractivity (Wildman–Crippen MR) is 123 cm³/mol. The molecule has 0 spiro atoms. The molecule has 2 aliphatic heterocycles. The van der Waals surface area contributed by atoms with Gasteiger partial charge in [0.05, 0.1) is 29.1 Å². The van der Waals surface area contributed by atoms with Gasteiger partial charge >= 0.3 is 0 Å². The predicted octanol–water partition coefficient (Wildman–Crippen LogP) is 4.04. The van der Waals surface area contributed by atoms with E-state index in [1.54, 1.807) is 54.8 Å². The summed E-state index contributed by atoms with van der Waals surface area (Å²) in [7, 11) is 0. The molecule has 3 amide bonds. The summed E-state index contributed by atoms with van der Waals surface area (Å²) >= 11 is 0. The lowest BCUT2D eigenvalue weighted by Crippen LogP contribution is -2.40. The van der Waals surface area contributed by atoms with Crippen LogP contribution in [0.4, 0.5) is 5.69 Å². The Morgan fingerprint density at radius 3 is 2.15 bits per heavy atom. The van der Waals surface area contributed by atoms with Gasteiger partial charge < -0.3 is 9.73 Å². The van der Waals surface area contributed by atoms with Crippen molar-refractivity contribution in [3.05, 3.63) is 89.4 Å². The number of imide groups is 1. The Morgan fingerprint density at radius 2 is 1.55 bits per heavy atom. The van der Waals surface area contributed by atoms with Crippen molar-refractivity contribution in [2.24, 2.45) is 0 Å². The highest BCUT2D eigenvalue weighted by Crippen LogP contribution is 2.29. The second-order valence-electron chi connectivity index (χ2n) is 8.38. The number of carbonyl (C=O) groups excluding carboxylic acids is 3. The van der Waals surface area contributed by atoms with Crippen LogP contribution in [0.2, 0.25) is 0 Å². The Kier molecular flexibility index (Phi) is 5.79. The zero-order valence-electron chi connectivity index (χ0n) is 18.2. The summed E-state index contributed by atoms with van der Waals surface area (Å²) in [4.78, 5) is 41.7. The molecule has 1 N–H and O–H groups in total. The Bertz CT molecular complexity index is 1130. The van der Waals surface area contributed by atoms with Crippen LogP contribution in [0.1, 0.15) is 62.1 Å². The first-order chi connectivity index (χ1) is 16.1. The van der Waals surface area contributed by atoms with Gasteiger partial charge in [0.25, 0.3) is 17.7 Å². The fourth-order valence-electron chi connectivity index (χ4n) is 4.60. The Labute approximate surface area is 192 Å². The molecule has 1 fully saturated rings. The molecule has 1 atom stereocenters. The number of hydrogen-bond donors (Lipinski definition) is 1. The third kappa shape index (κ3) is 4.07. The minimum absolute atomic E-state index is 0.0122. The molecule has 1 aromatic heterocycles. The molecule has 2 aromatic carbocycles. The number of hydrogen-bond acceptors (Lipinski definition) is 5. The molecule has 3 aromatic rings. The quantitative estimate of drug-likeness (QED) is 0.582. The molecular weight excluding hydrogens is 418 g/mol. The molecular formula is C26H25N3O4. The summed E-state index contributed by atoms with van der Waals surface area (Å²) in [6.45, 7) is 2.40. The number of furan rings is 1. The van der Waals surface area contributed by atoms with Gasteiger partial charge in [-0.15, -0.1) is 0 Å². The smallest absolute Gasteiger partial charge is 0.266 e. The van der Waals surface area contributed by atoms with Gasteiger partial charge in [-0.25, -0.2) is 4.90 Å². The van der Waals surface area contributed by atoms with Crippen molar-refractivity contribution in [3.8, 4) is 0 Å². The Hall–Kier alpha value is -3.71. The monoisotopic (exact) mass is 443 g/mol. The summed E-state index contributed by atoms with van der Waals surface area (Å²) < 4.78 is 5.64. The van der Waals surface area contributed by atoms with E-state index < -0.39 is 0 Å². The lowest BCUT2D eigenvalue weighted by Gasteiger charge is -2.33. The first-order valence-electron chi connectivity index (χ1n) is 11.3. The number of rotatable bonds is 6. The van der Waals surface area contributed by atoms with E-state index >= 15 is 0 Å². The highest BCUT2D eigenvalue weighted by atomic mass is 16.3. The molecule has 168 valence electrons. The number of amides is 3. The van der Waals surface area contributed by atoms with E-state index in [4.69, 9.17) is 4.42 Å². The van der Waals surface area contributed by atoms with Gasteiger partial charge in [0.15, 0.2) is 0 Å². The van der Waals surface area contributed by atoms with E-state index in [1.807, 2.05) is 12.1 Å². The number of piperidine rings is 1. The SMILES string of the molecule is O=C(NCC(c1ccco1)N1CCCCC1)c1ccc(N2C(=O)c3ccccc3C2=O)cc1. The summed E-state index contributed by atoms with van der Waals surface area (Å²) in [5.74, 6) is -0.0677. The van der Waals surface area contributed by atoms with Crippen LogP contribution >= 0.6 is 0 Å². The molecule has 7 heteroatoms. The molecule has 0 saturated carbocycles. The minimum atomic E-state index is -0.351. The average molecular weight is 444 g/mol. The van der Waals surface area contributed by atoms with Crippen LogP contribution in [0.3, 0.4) is 0 Å². The molecule has 7 nitrogen and oxygen atoms in total. The van der Waals surface area contributed by atoms with Crippen LogP contribution in [0.5, 0.6) is 0 Å². The molecule has 0 bridgehead atoms. The molecule has 1 saturated heterocycles. The first kappa shape index (κ1) is 21.2. The van der Waals surface area contributed by atoms with Gasteiger partial charge in [0.1, 0.15) is 5.76 Å². The third-order valence-corrected chi connectivity index (χ3v) is 6.34. The molecule has 1 unspecified atom stereocenters. The largest absolute Gasteiger partial charge is 0.468 e. The van der Waals surface area contributed by atoms with Crippen molar-refractivity contribution >= 4 is 23.4 Å². The van der Waals surface area contributed by atoms with Gasteiger partial charge in [-0.1, -0.05) is 18.6 Å². The van der Waals surface area contributed by atoms with Crippen molar-refractivity contribution in [2.45, 2.75) is 25.3 Å². The molecule has 5 rings (SSSR count). The maximum Gasteiger partial charge on any atom is 0.266 e. The molecule has 3 heterocycles. The fourth-order valence-corrected chi connectivity index (χ4v) is 4.60. The Balaban J connectivity index is 1.27. The van der Waals surface area contributed by atoms with E-state index in [1.165, 1.54) is 6.42 Å².